The van der Waals surface area contributed by atoms with Gasteiger partial charge >= 0.3 is 5.97 Å². The second kappa shape index (κ2) is 4.29. The topological polar surface area (TPSA) is 83.6 Å². The van der Waals surface area contributed by atoms with Crippen molar-refractivity contribution < 1.29 is 14.7 Å². The molecule has 0 bridgehead atoms. The number of rotatable bonds is 2. The minimum atomic E-state index is -1.10. The van der Waals surface area contributed by atoms with Crippen molar-refractivity contribution in [1.29, 1.82) is 0 Å². The summed E-state index contributed by atoms with van der Waals surface area (Å²) < 4.78 is 0. The number of carboxylic acids is 1. The van der Waals surface area contributed by atoms with E-state index in [-0.39, 0.29) is 22.4 Å². The maximum Gasteiger partial charge on any atom is 0.337 e. The zero-order valence-electron chi connectivity index (χ0n) is 8.96. The van der Waals surface area contributed by atoms with Crippen LogP contribution in [0.1, 0.15) is 16.8 Å². The smallest absolute Gasteiger partial charge is 0.337 e. The highest BCUT2D eigenvalue weighted by molar-refractivity contribution is 7.81. The van der Waals surface area contributed by atoms with E-state index in [0.29, 0.717) is 18.7 Å². The Kier molecular flexibility index (Phi) is 2.97. The predicted molar refractivity (Wildman–Crippen MR) is 67.6 cm³/mol. The van der Waals surface area contributed by atoms with Crippen LogP contribution in [0.3, 0.4) is 0 Å². The maximum absolute atomic E-state index is 11.7. The number of thiol groups is 1. The molecule has 1 aliphatic heterocycles. The van der Waals surface area contributed by atoms with E-state index < -0.39 is 5.97 Å². The van der Waals surface area contributed by atoms with E-state index in [2.05, 4.69) is 12.6 Å². The summed E-state index contributed by atoms with van der Waals surface area (Å²) in [6.07, 6.45) is 0.347. The minimum absolute atomic E-state index is 0.0120. The zero-order valence-corrected chi connectivity index (χ0v) is 9.85. The summed E-state index contributed by atoms with van der Waals surface area (Å²) in [4.78, 5) is 24.1. The first-order chi connectivity index (χ1) is 8.00. The first kappa shape index (κ1) is 11.8. The van der Waals surface area contributed by atoms with Gasteiger partial charge in [0.25, 0.3) is 0 Å². The number of carbonyl (C=O) groups excluding carboxylic acids is 1. The Hall–Kier alpha value is -1.69. The number of hydrogen-bond acceptors (Lipinski definition) is 4. The Morgan fingerprint density at radius 2 is 2.24 bits per heavy atom. The number of carboxylic acid groups (broad SMARTS) is 1. The number of para-hydroxylation sites is 1. The number of aromatic carboxylic acids is 1. The van der Waals surface area contributed by atoms with Crippen LogP contribution < -0.4 is 10.6 Å². The molecule has 90 valence electrons. The van der Waals surface area contributed by atoms with Crippen LogP contribution in [0.15, 0.2) is 18.2 Å². The first-order valence-corrected chi connectivity index (χ1v) is 5.62. The Morgan fingerprint density at radius 3 is 2.76 bits per heavy atom. The van der Waals surface area contributed by atoms with Crippen LogP contribution in [0.25, 0.3) is 0 Å². The molecule has 1 atom stereocenters. The normalized spacial score (nSPS) is 19.7. The number of benzene rings is 1. The summed E-state index contributed by atoms with van der Waals surface area (Å²) in [5.41, 5.74) is 6.36. The van der Waals surface area contributed by atoms with Crippen LogP contribution in [-0.4, -0.2) is 28.8 Å². The minimum Gasteiger partial charge on any atom is -0.478 e. The van der Waals surface area contributed by atoms with Gasteiger partial charge in [-0.1, -0.05) is 6.07 Å². The molecule has 1 unspecified atom stereocenters. The number of hydrogen-bond donors (Lipinski definition) is 3. The highest BCUT2D eigenvalue weighted by Crippen LogP contribution is 2.31. The molecule has 2 rings (SSSR count). The third kappa shape index (κ3) is 2.08. The molecule has 0 radical (unpaired) electrons. The fourth-order valence-corrected chi connectivity index (χ4v) is 2.22. The van der Waals surface area contributed by atoms with E-state index in [1.807, 2.05) is 0 Å². The number of nitrogens with two attached hydrogens (primary N) is 1. The van der Waals surface area contributed by atoms with Crippen LogP contribution >= 0.6 is 12.6 Å². The van der Waals surface area contributed by atoms with Crippen molar-refractivity contribution in [2.24, 2.45) is 0 Å². The van der Waals surface area contributed by atoms with Gasteiger partial charge < -0.3 is 15.7 Å². The zero-order chi connectivity index (χ0) is 12.6. The van der Waals surface area contributed by atoms with E-state index in [4.69, 9.17) is 10.8 Å². The van der Waals surface area contributed by atoms with Crippen molar-refractivity contribution in [3.05, 3.63) is 23.8 Å². The molecule has 1 aromatic carbocycles. The number of carbonyl (C=O) groups is 2. The standard InChI is InChI=1S/C11H12N2O3S/c12-10-7(11(15)16)2-1-3-8(10)13-5-6(17)4-9(13)14/h1-3,6,17H,4-5,12H2,(H,15,16). The lowest BCUT2D eigenvalue weighted by Gasteiger charge is -2.19. The SMILES string of the molecule is Nc1c(C(=O)O)cccc1N1CC(S)CC1=O. The molecular weight excluding hydrogens is 240 g/mol. The Balaban J connectivity index is 2.43. The molecule has 0 aliphatic carbocycles. The van der Waals surface area contributed by atoms with Crippen molar-refractivity contribution in [1.82, 2.24) is 0 Å². The summed E-state index contributed by atoms with van der Waals surface area (Å²) >= 11 is 4.24. The van der Waals surface area contributed by atoms with Crippen LogP contribution in [0.4, 0.5) is 11.4 Å². The molecule has 0 spiro atoms. The van der Waals surface area contributed by atoms with E-state index in [1.165, 1.54) is 11.0 Å². The number of nitrogens with zero attached hydrogens (tertiary/aromatic N) is 1. The molecule has 3 N–H and O–H groups in total. The van der Waals surface area contributed by atoms with Crippen molar-refractivity contribution in [3.63, 3.8) is 0 Å². The second-order valence-electron chi connectivity index (χ2n) is 3.91. The van der Waals surface area contributed by atoms with E-state index in [0.717, 1.165) is 0 Å². The fraction of sp³-hybridized carbons (Fsp3) is 0.273. The van der Waals surface area contributed by atoms with Crippen molar-refractivity contribution in [2.45, 2.75) is 11.7 Å². The van der Waals surface area contributed by atoms with E-state index in [9.17, 15) is 9.59 Å². The maximum atomic E-state index is 11.7. The molecule has 1 aliphatic rings. The van der Waals surface area contributed by atoms with Crippen LogP contribution in [0.2, 0.25) is 0 Å². The van der Waals surface area contributed by atoms with Gasteiger partial charge in [-0.3, -0.25) is 4.79 Å². The average molecular weight is 252 g/mol. The highest BCUT2D eigenvalue weighted by atomic mass is 32.1. The number of nitrogen functional groups attached to an aromatic ring is 1. The largest absolute Gasteiger partial charge is 0.478 e. The number of amides is 1. The number of anilines is 2. The summed E-state index contributed by atoms with van der Waals surface area (Å²) in [6, 6.07) is 4.64. The van der Waals surface area contributed by atoms with Crippen LogP contribution in [0, 0.1) is 0 Å². The molecule has 0 saturated carbocycles. The molecule has 1 fully saturated rings. The predicted octanol–water partition coefficient (Wildman–Crippen LogP) is 1.00. The summed E-state index contributed by atoms with van der Waals surface area (Å²) in [7, 11) is 0. The van der Waals surface area contributed by atoms with Gasteiger partial charge in [-0.15, -0.1) is 0 Å². The van der Waals surface area contributed by atoms with Gasteiger partial charge in [-0.05, 0) is 12.1 Å². The summed E-state index contributed by atoms with van der Waals surface area (Å²) in [5.74, 6) is -1.18. The van der Waals surface area contributed by atoms with Crippen LogP contribution in [-0.2, 0) is 4.79 Å². The van der Waals surface area contributed by atoms with Gasteiger partial charge in [0.1, 0.15) is 0 Å². The highest BCUT2D eigenvalue weighted by Gasteiger charge is 2.30. The fourth-order valence-electron chi connectivity index (χ4n) is 1.90. The Morgan fingerprint density at radius 1 is 1.53 bits per heavy atom. The molecule has 1 amide bonds. The monoisotopic (exact) mass is 252 g/mol. The van der Waals surface area contributed by atoms with Crippen molar-refractivity contribution >= 4 is 35.9 Å². The molecule has 17 heavy (non-hydrogen) atoms. The summed E-state index contributed by atoms with van der Waals surface area (Å²) in [6.45, 7) is 0.454. The summed E-state index contributed by atoms with van der Waals surface area (Å²) in [5, 5.41) is 8.92. The van der Waals surface area contributed by atoms with Gasteiger partial charge in [-0.2, -0.15) is 12.6 Å². The van der Waals surface area contributed by atoms with Crippen molar-refractivity contribution in [3.8, 4) is 0 Å². The Labute approximate surface area is 104 Å². The van der Waals surface area contributed by atoms with Crippen molar-refractivity contribution in [2.75, 3.05) is 17.2 Å². The van der Waals surface area contributed by atoms with E-state index in [1.54, 1.807) is 12.1 Å². The molecule has 1 aromatic rings. The third-order valence-electron chi connectivity index (χ3n) is 2.71. The van der Waals surface area contributed by atoms with Gasteiger partial charge in [0, 0.05) is 18.2 Å². The molecule has 1 heterocycles. The quantitative estimate of drug-likeness (QED) is 0.541. The molecular formula is C11H12N2O3S. The average Bonchev–Trinajstić information content (AvgIpc) is 2.57. The molecule has 1 saturated heterocycles. The lowest BCUT2D eigenvalue weighted by Crippen LogP contribution is -2.26. The lowest BCUT2D eigenvalue weighted by molar-refractivity contribution is -0.117. The molecule has 6 heteroatoms. The molecule has 5 nitrogen and oxygen atoms in total. The lowest BCUT2D eigenvalue weighted by atomic mass is 10.1. The van der Waals surface area contributed by atoms with Gasteiger partial charge in [0.05, 0.1) is 16.9 Å². The van der Waals surface area contributed by atoms with E-state index >= 15 is 0 Å². The Bertz CT molecular complexity index is 490. The second-order valence-corrected chi connectivity index (χ2v) is 4.64. The van der Waals surface area contributed by atoms with Gasteiger partial charge in [0.15, 0.2) is 0 Å². The first-order valence-electron chi connectivity index (χ1n) is 5.11. The van der Waals surface area contributed by atoms with Crippen LogP contribution in [0.5, 0.6) is 0 Å². The van der Waals surface area contributed by atoms with Gasteiger partial charge in [-0.25, -0.2) is 4.79 Å². The van der Waals surface area contributed by atoms with Gasteiger partial charge in [0.2, 0.25) is 5.91 Å². The third-order valence-corrected chi connectivity index (χ3v) is 3.05. The molecule has 0 aromatic heterocycles.